The van der Waals surface area contributed by atoms with Crippen molar-refractivity contribution in [3.8, 4) is 0 Å². The molecule has 0 aromatic heterocycles. The summed E-state index contributed by atoms with van der Waals surface area (Å²) >= 11 is 0. The van der Waals surface area contributed by atoms with E-state index in [9.17, 15) is 4.79 Å². The van der Waals surface area contributed by atoms with Gasteiger partial charge in [-0.15, -0.1) is 0 Å². The highest BCUT2D eigenvalue weighted by Crippen LogP contribution is 2.35. The zero-order valence-corrected chi connectivity index (χ0v) is 11.8. The Kier molecular flexibility index (Phi) is 6.09. The third-order valence-corrected chi connectivity index (χ3v) is 4.12. The molecule has 106 valence electrons. The molecule has 0 aliphatic heterocycles. The van der Waals surface area contributed by atoms with Crippen molar-refractivity contribution in [2.75, 3.05) is 13.2 Å². The molecule has 1 aliphatic rings. The predicted molar refractivity (Wildman–Crippen MR) is 73.0 cm³/mol. The van der Waals surface area contributed by atoms with Gasteiger partial charge in [-0.3, -0.25) is 4.79 Å². The van der Waals surface area contributed by atoms with Gasteiger partial charge in [0.2, 0.25) is 5.91 Å². The van der Waals surface area contributed by atoms with E-state index in [0.717, 1.165) is 32.3 Å². The standard InChI is InChI=1S/C14H28N2O2/c1-3-5-11(2)10-18-9-7-12-6-4-8-14(12,16)13(15)17/h11-12H,3-10,16H2,1-2H3,(H2,15,17). The number of rotatable bonds is 8. The summed E-state index contributed by atoms with van der Waals surface area (Å²) in [6, 6.07) is 0. The van der Waals surface area contributed by atoms with Crippen LogP contribution in [-0.4, -0.2) is 24.7 Å². The minimum Gasteiger partial charge on any atom is -0.381 e. The summed E-state index contributed by atoms with van der Waals surface area (Å²) in [7, 11) is 0. The van der Waals surface area contributed by atoms with E-state index in [-0.39, 0.29) is 11.8 Å². The van der Waals surface area contributed by atoms with Crippen LogP contribution < -0.4 is 11.5 Å². The molecule has 0 aromatic carbocycles. The van der Waals surface area contributed by atoms with Gasteiger partial charge in [0.15, 0.2) is 0 Å². The molecule has 1 saturated carbocycles. The third-order valence-electron chi connectivity index (χ3n) is 4.12. The van der Waals surface area contributed by atoms with Crippen molar-refractivity contribution in [1.82, 2.24) is 0 Å². The molecule has 4 nitrogen and oxygen atoms in total. The second-order valence-electron chi connectivity index (χ2n) is 5.75. The first-order valence-electron chi connectivity index (χ1n) is 7.17. The quantitative estimate of drug-likeness (QED) is 0.650. The monoisotopic (exact) mass is 256 g/mol. The maximum Gasteiger partial charge on any atom is 0.237 e. The zero-order valence-electron chi connectivity index (χ0n) is 11.8. The highest BCUT2D eigenvalue weighted by atomic mass is 16.5. The van der Waals surface area contributed by atoms with Crippen LogP contribution in [0.15, 0.2) is 0 Å². The lowest BCUT2D eigenvalue weighted by Gasteiger charge is -2.28. The van der Waals surface area contributed by atoms with Crippen molar-refractivity contribution in [3.05, 3.63) is 0 Å². The van der Waals surface area contributed by atoms with Crippen molar-refractivity contribution in [2.24, 2.45) is 23.3 Å². The average molecular weight is 256 g/mol. The number of nitrogens with two attached hydrogens (primary N) is 2. The molecule has 3 atom stereocenters. The topological polar surface area (TPSA) is 78.3 Å². The molecule has 18 heavy (non-hydrogen) atoms. The highest BCUT2D eigenvalue weighted by molar-refractivity contribution is 5.85. The second-order valence-corrected chi connectivity index (χ2v) is 5.75. The van der Waals surface area contributed by atoms with Crippen LogP contribution in [0.1, 0.15) is 52.4 Å². The fourth-order valence-corrected chi connectivity index (χ4v) is 2.92. The molecule has 0 saturated heterocycles. The molecule has 4 N–H and O–H groups in total. The van der Waals surface area contributed by atoms with Crippen molar-refractivity contribution >= 4 is 5.91 Å². The summed E-state index contributed by atoms with van der Waals surface area (Å²) < 4.78 is 5.68. The van der Waals surface area contributed by atoms with E-state index in [0.29, 0.717) is 12.5 Å². The van der Waals surface area contributed by atoms with Gasteiger partial charge in [0.25, 0.3) is 0 Å². The van der Waals surface area contributed by atoms with Crippen molar-refractivity contribution in [2.45, 2.75) is 57.9 Å². The minimum absolute atomic E-state index is 0.191. The van der Waals surface area contributed by atoms with Gasteiger partial charge in [-0.25, -0.2) is 0 Å². The zero-order chi connectivity index (χ0) is 13.6. The van der Waals surface area contributed by atoms with E-state index < -0.39 is 5.54 Å². The van der Waals surface area contributed by atoms with Crippen LogP contribution in [0, 0.1) is 11.8 Å². The minimum atomic E-state index is -0.793. The summed E-state index contributed by atoms with van der Waals surface area (Å²) in [5.41, 5.74) is 10.7. The summed E-state index contributed by atoms with van der Waals surface area (Å²) in [6.45, 7) is 5.88. The first kappa shape index (κ1) is 15.4. The van der Waals surface area contributed by atoms with Gasteiger partial charge >= 0.3 is 0 Å². The van der Waals surface area contributed by atoms with Crippen LogP contribution in [0.2, 0.25) is 0 Å². The first-order chi connectivity index (χ1) is 8.50. The van der Waals surface area contributed by atoms with Gasteiger partial charge in [-0.05, 0) is 37.5 Å². The van der Waals surface area contributed by atoms with Crippen molar-refractivity contribution in [3.63, 3.8) is 0 Å². The van der Waals surface area contributed by atoms with Gasteiger partial charge < -0.3 is 16.2 Å². The lowest BCUT2D eigenvalue weighted by Crippen LogP contribution is -2.54. The Labute approximate surface area is 110 Å². The normalized spacial score (nSPS) is 29.4. The summed E-state index contributed by atoms with van der Waals surface area (Å²) in [6.07, 6.45) is 5.95. The first-order valence-corrected chi connectivity index (χ1v) is 7.17. The predicted octanol–water partition coefficient (Wildman–Crippen LogP) is 1.81. The van der Waals surface area contributed by atoms with Crippen LogP contribution in [-0.2, 0) is 9.53 Å². The molecule has 1 rings (SSSR count). The number of amides is 1. The Morgan fingerprint density at radius 3 is 2.89 bits per heavy atom. The Balaban J connectivity index is 2.25. The molecule has 0 bridgehead atoms. The Bertz CT molecular complexity index is 271. The lowest BCUT2D eigenvalue weighted by atomic mass is 9.85. The fraction of sp³-hybridized carbons (Fsp3) is 0.929. The summed E-state index contributed by atoms with van der Waals surface area (Å²) in [5, 5.41) is 0. The van der Waals surface area contributed by atoms with E-state index >= 15 is 0 Å². The molecule has 1 aliphatic carbocycles. The largest absolute Gasteiger partial charge is 0.381 e. The van der Waals surface area contributed by atoms with Crippen molar-refractivity contribution < 1.29 is 9.53 Å². The van der Waals surface area contributed by atoms with Crippen LogP contribution in [0.4, 0.5) is 0 Å². The molecule has 0 heterocycles. The van der Waals surface area contributed by atoms with Crippen molar-refractivity contribution in [1.29, 1.82) is 0 Å². The fourth-order valence-electron chi connectivity index (χ4n) is 2.92. The van der Waals surface area contributed by atoms with Gasteiger partial charge in [-0.2, -0.15) is 0 Å². The van der Waals surface area contributed by atoms with Crippen LogP contribution in [0.5, 0.6) is 0 Å². The maximum absolute atomic E-state index is 11.4. The smallest absolute Gasteiger partial charge is 0.237 e. The Morgan fingerprint density at radius 1 is 1.56 bits per heavy atom. The average Bonchev–Trinajstić information content (AvgIpc) is 2.68. The van der Waals surface area contributed by atoms with Crippen LogP contribution >= 0.6 is 0 Å². The maximum atomic E-state index is 11.4. The number of hydrogen-bond acceptors (Lipinski definition) is 3. The summed E-state index contributed by atoms with van der Waals surface area (Å²) in [5.74, 6) is 0.443. The van der Waals surface area contributed by atoms with Gasteiger partial charge in [0.1, 0.15) is 0 Å². The van der Waals surface area contributed by atoms with Crippen LogP contribution in [0.3, 0.4) is 0 Å². The van der Waals surface area contributed by atoms with E-state index in [1.54, 1.807) is 0 Å². The summed E-state index contributed by atoms with van der Waals surface area (Å²) in [4.78, 5) is 11.4. The number of hydrogen-bond donors (Lipinski definition) is 2. The Hall–Kier alpha value is -0.610. The lowest BCUT2D eigenvalue weighted by molar-refractivity contribution is -0.124. The number of primary amides is 1. The SMILES string of the molecule is CCCC(C)COCCC1CCCC1(N)C(N)=O. The number of carbonyl (C=O) groups excluding carboxylic acids is 1. The highest BCUT2D eigenvalue weighted by Gasteiger charge is 2.43. The van der Waals surface area contributed by atoms with E-state index in [2.05, 4.69) is 13.8 Å². The molecule has 4 heteroatoms. The van der Waals surface area contributed by atoms with E-state index in [1.165, 1.54) is 12.8 Å². The van der Waals surface area contributed by atoms with Gasteiger partial charge in [0.05, 0.1) is 5.54 Å². The molecule has 0 radical (unpaired) electrons. The third kappa shape index (κ3) is 3.95. The number of carbonyl (C=O) groups is 1. The molecular formula is C14H28N2O2. The van der Waals surface area contributed by atoms with Crippen LogP contribution in [0.25, 0.3) is 0 Å². The van der Waals surface area contributed by atoms with E-state index in [4.69, 9.17) is 16.2 Å². The second kappa shape index (κ2) is 7.10. The number of ether oxygens (including phenoxy) is 1. The molecule has 3 unspecified atom stereocenters. The van der Waals surface area contributed by atoms with Gasteiger partial charge in [0, 0.05) is 13.2 Å². The molecule has 1 amide bonds. The molecule has 0 aromatic rings. The molecular weight excluding hydrogens is 228 g/mol. The molecule has 1 fully saturated rings. The Morgan fingerprint density at radius 2 is 2.28 bits per heavy atom. The molecule has 0 spiro atoms. The van der Waals surface area contributed by atoms with Gasteiger partial charge in [-0.1, -0.05) is 26.7 Å². The van der Waals surface area contributed by atoms with E-state index in [1.807, 2.05) is 0 Å².